The van der Waals surface area contributed by atoms with Gasteiger partial charge in [-0.3, -0.25) is 53.3 Å². The van der Waals surface area contributed by atoms with Crippen LogP contribution in [-0.2, 0) is 24.0 Å². The second-order valence-electron chi connectivity index (χ2n) is 15.5. The van der Waals surface area contributed by atoms with Crippen molar-refractivity contribution in [1.29, 1.82) is 5.26 Å². The number of carboxylic acid groups (broad SMARTS) is 3. The van der Waals surface area contributed by atoms with Crippen molar-refractivity contribution in [2.24, 2.45) is 0 Å². The summed E-state index contributed by atoms with van der Waals surface area (Å²) in [5.41, 5.74) is 0.422. The van der Waals surface area contributed by atoms with Gasteiger partial charge in [0.25, 0.3) is 5.91 Å². The molecule has 0 aliphatic carbocycles. The third kappa shape index (κ3) is 14.1. The third-order valence-corrected chi connectivity index (χ3v) is 11.2. The largest absolute Gasteiger partial charge is 0.494 e. The fourth-order valence-electron chi connectivity index (χ4n) is 7.87. The predicted molar refractivity (Wildman–Crippen MR) is 218 cm³/mol. The molecular weight excluding hydrogens is 779 g/mol. The van der Waals surface area contributed by atoms with Crippen molar-refractivity contribution >= 4 is 46.4 Å². The van der Waals surface area contributed by atoms with Gasteiger partial charge in [-0.25, -0.2) is 0 Å². The molecule has 4 N–H and O–H groups in total. The maximum absolute atomic E-state index is 13.5. The molecule has 0 unspecified atom stereocenters. The number of hydrogen-bond donors (Lipinski definition) is 4. The Balaban J connectivity index is 1.07. The number of amides is 3. The van der Waals surface area contributed by atoms with Crippen LogP contribution in [0.4, 0.5) is 0 Å². The predicted octanol–water partition coefficient (Wildman–Crippen LogP) is -0.527. The zero-order chi connectivity index (χ0) is 43.0. The summed E-state index contributed by atoms with van der Waals surface area (Å²) in [4.78, 5) is 86.8. The lowest BCUT2D eigenvalue weighted by atomic mass is 10.0. The van der Waals surface area contributed by atoms with Crippen LogP contribution in [0.5, 0.6) is 5.75 Å². The highest BCUT2D eigenvalue weighted by Gasteiger charge is 2.29. The molecule has 1 atom stereocenters. The number of fused-ring (bicyclic) bond motifs is 1. The Morgan fingerprint density at radius 2 is 1.23 bits per heavy atom. The molecule has 60 heavy (non-hydrogen) atoms. The van der Waals surface area contributed by atoms with Crippen molar-refractivity contribution in [3.05, 3.63) is 42.0 Å². The normalized spacial score (nSPS) is 19.6. The summed E-state index contributed by atoms with van der Waals surface area (Å²) in [5, 5.41) is 42.0. The molecule has 0 aromatic heterocycles. The van der Waals surface area contributed by atoms with Crippen LogP contribution in [0.25, 0.3) is 10.8 Å². The van der Waals surface area contributed by atoms with Crippen LogP contribution in [0.2, 0.25) is 0 Å². The van der Waals surface area contributed by atoms with E-state index in [4.69, 9.17) is 4.74 Å². The van der Waals surface area contributed by atoms with Crippen LogP contribution < -0.4 is 10.1 Å². The molecule has 2 aromatic carbocycles. The number of nitrogens with one attached hydrogen (secondary N) is 1. The van der Waals surface area contributed by atoms with Crippen LogP contribution >= 0.6 is 0 Å². The smallest absolute Gasteiger partial charge is 0.317 e. The SMILES string of the molecule is N#C[C@@H]1CCCN1C(=O)CNC(=O)c1cccc2ccc(OCCCN3CCN(C(=O)CN4CCN(CC(=O)O)CCN(CC(=O)O)CCN(CC(=O)O)CC4)CC3)cc12. The monoisotopic (exact) mass is 835 g/mol. The maximum Gasteiger partial charge on any atom is 0.317 e. The Morgan fingerprint density at radius 3 is 1.78 bits per heavy atom. The molecule has 19 heteroatoms. The number of carbonyl (C=O) groups excluding carboxylic acids is 3. The second-order valence-corrected chi connectivity index (χ2v) is 15.5. The van der Waals surface area contributed by atoms with Gasteiger partial charge in [0.15, 0.2) is 0 Å². The van der Waals surface area contributed by atoms with Crippen LogP contribution in [0.15, 0.2) is 36.4 Å². The highest BCUT2D eigenvalue weighted by molar-refractivity contribution is 6.08. The molecule has 0 spiro atoms. The van der Waals surface area contributed by atoms with E-state index in [9.17, 15) is 49.3 Å². The Kier molecular flexibility index (Phi) is 17.4. The number of hydrogen-bond acceptors (Lipinski definition) is 13. The average molecular weight is 836 g/mol. The van der Waals surface area contributed by atoms with Gasteiger partial charge in [0.1, 0.15) is 11.8 Å². The van der Waals surface area contributed by atoms with Crippen molar-refractivity contribution in [2.75, 3.05) is 131 Å². The van der Waals surface area contributed by atoms with Crippen molar-refractivity contribution in [3.8, 4) is 11.8 Å². The molecule has 0 saturated carbocycles. The molecule has 326 valence electrons. The topological polar surface area (TPSA) is 231 Å². The van der Waals surface area contributed by atoms with E-state index in [1.54, 1.807) is 26.8 Å². The molecule has 0 radical (unpaired) electrons. The minimum Gasteiger partial charge on any atom is -0.494 e. The first-order chi connectivity index (χ1) is 28.9. The molecule has 3 amide bonds. The molecule has 3 heterocycles. The first-order valence-corrected chi connectivity index (χ1v) is 20.6. The number of nitriles is 1. The van der Waals surface area contributed by atoms with Gasteiger partial charge in [-0.2, -0.15) is 5.26 Å². The summed E-state index contributed by atoms with van der Waals surface area (Å²) < 4.78 is 6.08. The summed E-state index contributed by atoms with van der Waals surface area (Å²) in [5.74, 6) is -3.12. The van der Waals surface area contributed by atoms with Crippen molar-refractivity contribution in [3.63, 3.8) is 0 Å². The van der Waals surface area contributed by atoms with E-state index in [0.29, 0.717) is 115 Å². The summed E-state index contributed by atoms with van der Waals surface area (Å²) in [6, 6.07) is 12.7. The van der Waals surface area contributed by atoms with E-state index in [0.717, 1.165) is 24.8 Å². The number of likely N-dealkylation sites (tertiary alicyclic amines) is 1. The van der Waals surface area contributed by atoms with Gasteiger partial charge < -0.3 is 35.2 Å². The van der Waals surface area contributed by atoms with Gasteiger partial charge in [0.05, 0.1) is 45.4 Å². The minimum atomic E-state index is -1.02. The van der Waals surface area contributed by atoms with Gasteiger partial charge in [-0.05, 0) is 48.2 Å². The van der Waals surface area contributed by atoms with E-state index < -0.39 is 23.9 Å². The summed E-state index contributed by atoms with van der Waals surface area (Å²) in [6.45, 7) is 6.08. The summed E-state index contributed by atoms with van der Waals surface area (Å²) in [6.07, 6.45) is 2.14. The number of carboxylic acids is 3. The quantitative estimate of drug-likeness (QED) is 0.156. The molecule has 3 aliphatic heterocycles. The van der Waals surface area contributed by atoms with Crippen LogP contribution in [0, 0.1) is 11.3 Å². The van der Waals surface area contributed by atoms with E-state index in [1.165, 1.54) is 4.90 Å². The number of nitrogens with zero attached hydrogens (tertiary/aromatic N) is 8. The Labute approximate surface area is 349 Å². The van der Waals surface area contributed by atoms with Gasteiger partial charge in [0, 0.05) is 97.2 Å². The number of carbonyl (C=O) groups is 6. The highest BCUT2D eigenvalue weighted by Crippen LogP contribution is 2.25. The van der Waals surface area contributed by atoms with E-state index in [2.05, 4.69) is 16.3 Å². The van der Waals surface area contributed by atoms with Gasteiger partial charge >= 0.3 is 17.9 Å². The van der Waals surface area contributed by atoms with E-state index in [-0.39, 0.29) is 50.4 Å². The van der Waals surface area contributed by atoms with Crippen molar-refractivity contribution in [1.82, 2.24) is 39.6 Å². The standard InChI is InChI=1S/C41H57N9O10/c42-25-32-5-2-10-50(32)36(51)26-43-41(59)34-6-1-4-31-7-8-33(24-35(31)34)60-23-3-9-44-19-21-49(22-20-44)37(52)27-45-11-13-46(28-38(53)54)15-17-48(30-40(57)58)18-16-47(14-12-45)29-39(55)56/h1,4,6-8,24,32H,2-3,5,9-23,26-30H2,(H,43,59)(H,53,54)(H,55,56)(H,57,58)/t32-/m0/s1. The fourth-order valence-corrected chi connectivity index (χ4v) is 7.87. The van der Waals surface area contributed by atoms with Crippen LogP contribution in [0.3, 0.4) is 0 Å². The lowest BCUT2D eigenvalue weighted by molar-refractivity contribution is -0.141. The number of piperazine rings is 1. The molecule has 3 saturated heterocycles. The first-order valence-electron chi connectivity index (χ1n) is 20.6. The van der Waals surface area contributed by atoms with Gasteiger partial charge in [-0.1, -0.05) is 18.2 Å². The Morgan fingerprint density at radius 1 is 0.683 bits per heavy atom. The lowest BCUT2D eigenvalue weighted by Gasteiger charge is -2.37. The van der Waals surface area contributed by atoms with E-state index in [1.807, 2.05) is 34.1 Å². The fraction of sp³-hybridized carbons (Fsp3) is 0.585. The highest BCUT2D eigenvalue weighted by atomic mass is 16.5. The Bertz CT molecular complexity index is 1840. The summed E-state index contributed by atoms with van der Waals surface area (Å²) in [7, 11) is 0. The molecule has 5 rings (SSSR count). The van der Waals surface area contributed by atoms with Crippen LogP contribution in [-0.4, -0.2) is 222 Å². The molecule has 2 aromatic rings. The lowest BCUT2D eigenvalue weighted by Crippen LogP contribution is -2.53. The first kappa shape index (κ1) is 45.7. The molecule has 3 fully saturated rings. The van der Waals surface area contributed by atoms with Crippen molar-refractivity contribution in [2.45, 2.75) is 25.3 Å². The number of benzene rings is 2. The van der Waals surface area contributed by atoms with Gasteiger partial charge in [-0.15, -0.1) is 0 Å². The number of rotatable bonds is 16. The zero-order valence-corrected chi connectivity index (χ0v) is 34.1. The van der Waals surface area contributed by atoms with Crippen LogP contribution in [0.1, 0.15) is 29.6 Å². The Hall–Kier alpha value is -5.39. The van der Waals surface area contributed by atoms with Crippen molar-refractivity contribution < 1.29 is 48.8 Å². The number of ether oxygens (including phenoxy) is 1. The second kappa shape index (κ2) is 22.8. The molecule has 3 aliphatic rings. The summed E-state index contributed by atoms with van der Waals surface area (Å²) >= 11 is 0. The molecule has 0 bridgehead atoms. The van der Waals surface area contributed by atoms with Gasteiger partial charge in [0.2, 0.25) is 11.8 Å². The average Bonchev–Trinajstić information content (AvgIpc) is 3.71. The number of aliphatic carboxylic acids is 3. The zero-order valence-electron chi connectivity index (χ0n) is 34.1. The third-order valence-electron chi connectivity index (χ3n) is 11.2. The minimum absolute atomic E-state index is 0.0533. The molecular formula is C41H57N9O10. The molecule has 19 nitrogen and oxygen atoms in total. The van der Waals surface area contributed by atoms with E-state index >= 15 is 0 Å². The maximum atomic E-state index is 13.5.